The lowest BCUT2D eigenvalue weighted by atomic mass is 9.89. The topological polar surface area (TPSA) is 17.1 Å². The number of benzene rings is 1. The average Bonchev–Trinajstić information content (AvgIpc) is 2.89. The molecule has 0 radical (unpaired) electrons. The van der Waals surface area contributed by atoms with Gasteiger partial charge < -0.3 is 4.79 Å². The highest BCUT2D eigenvalue weighted by atomic mass is 32.2. The van der Waals surface area contributed by atoms with Gasteiger partial charge in [-0.2, -0.15) is 0 Å². The maximum absolute atomic E-state index is 11.2. The van der Waals surface area contributed by atoms with Crippen molar-refractivity contribution < 1.29 is 4.79 Å². The number of hydrogen-bond donors (Lipinski definition) is 0. The van der Waals surface area contributed by atoms with Crippen LogP contribution in [-0.4, -0.2) is 12.5 Å². The maximum atomic E-state index is 11.2. The molecule has 1 nitrogen and oxygen atoms in total. The first-order chi connectivity index (χ1) is 8.33. The molecule has 1 aromatic carbocycles. The quantitative estimate of drug-likeness (QED) is 0.572. The number of carbonyl (C=O) groups excluding carboxylic acids is 1. The van der Waals surface area contributed by atoms with Crippen molar-refractivity contribution >= 4 is 18.0 Å². The van der Waals surface area contributed by atoms with Crippen LogP contribution in [0.15, 0.2) is 29.2 Å². The van der Waals surface area contributed by atoms with Gasteiger partial charge in [-0.3, -0.25) is 0 Å². The molecule has 2 rings (SSSR count). The molecule has 1 unspecified atom stereocenters. The van der Waals surface area contributed by atoms with Gasteiger partial charge in [0, 0.05) is 10.8 Å². The zero-order chi connectivity index (χ0) is 12.1. The monoisotopic (exact) mass is 248 g/mol. The first-order valence-electron chi connectivity index (χ1n) is 6.42. The predicted octanol–water partition coefficient (Wildman–Crippen LogP) is 4.27. The molecule has 1 saturated carbocycles. The highest BCUT2D eigenvalue weighted by Gasteiger charge is 2.20. The first-order valence-corrected chi connectivity index (χ1v) is 7.65. The van der Waals surface area contributed by atoms with Gasteiger partial charge in [-0.05, 0) is 36.3 Å². The number of thioether (sulfide) groups is 1. The van der Waals surface area contributed by atoms with Crippen molar-refractivity contribution in [2.24, 2.45) is 5.92 Å². The Morgan fingerprint density at radius 2 is 1.94 bits per heavy atom. The van der Waals surface area contributed by atoms with E-state index in [0.29, 0.717) is 0 Å². The van der Waals surface area contributed by atoms with Crippen LogP contribution in [0.2, 0.25) is 0 Å². The summed E-state index contributed by atoms with van der Waals surface area (Å²) in [4.78, 5) is 12.5. The van der Waals surface area contributed by atoms with E-state index in [2.05, 4.69) is 30.5 Å². The fourth-order valence-corrected chi connectivity index (χ4v) is 3.13. The minimum atomic E-state index is 0.106. The lowest BCUT2D eigenvalue weighted by Gasteiger charge is -2.15. The highest BCUT2D eigenvalue weighted by molar-refractivity contribution is 7.98. The zero-order valence-electron chi connectivity index (χ0n) is 10.4. The fraction of sp³-hybridized carbons (Fsp3) is 0.533. The molecule has 0 aliphatic heterocycles. The van der Waals surface area contributed by atoms with Crippen LogP contribution in [-0.2, 0) is 4.79 Å². The van der Waals surface area contributed by atoms with Crippen molar-refractivity contribution in [1.29, 1.82) is 0 Å². The Morgan fingerprint density at radius 1 is 1.29 bits per heavy atom. The van der Waals surface area contributed by atoms with Crippen molar-refractivity contribution in [2.75, 3.05) is 6.26 Å². The molecular weight excluding hydrogens is 228 g/mol. The molecule has 2 heteroatoms. The summed E-state index contributed by atoms with van der Waals surface area (Å²) in [6, 6.07) is 8.45. The predicted molar refractivity (Wildman–Crippen MR) is 73.6 cm³/mol. The molecule has 0 bridgehead atoms. The van der Waals surface area contributed by atoms with Crippen LogP contribution in [0.5, 0.6) is 0 Å². The van der Waals surface area contributed by atoms with Gasteiger partial charge in [0.05, 0.1) is 0 Å². The van der Waals surface area contributed by atoms with Gasteiger partial charge in [0.15, 0.2) is 0 Å². The van der Waals surface area contributed by atoms with Crippen LogP contribution < -0.4 is 0 Å². The van der Waals surface area contributed by atoms with Gasteiger partial charge in [-0.25, -0.2) is 0 Å². The second kappa shape index (κ2) is 6.25. The van der Waals surface area contributed by atoms with Crippen LogP contribution in [0, 0.1) is 5.92 Å². The standard InChI is InChI=1S/C15H20OS/c1-17-15-8-6-13(7-9-15)14(11-16)10-12-4-2-3-5-12/h6-9,11-12,14H,2-5,10H2,1H3. The SMILES string of the molecule is CSc1ccc(C(C=O)CC2CCCC2)cc1. The summed E-state index contributed by atoms with van der Waals surface area (Å²) in [7, 11) is 0. The molecule has 92 valence electrons. The minimum absolute atomic E-state index is 0.106. The largest absolute Gasteiger partial charge is 0.303 e. The van der Waals surface area contributed by atoms with E-state index in [-0.39, 0.29) is 5.92 Å². The third-order valence-electron chi connectivity index (χ3n) is 3.77. The second-order valence-electron chi connectivity index (χ2n) is 4.90. The van der Waals surface area contributed by atoms with Crippen LogP contribution in [0.25, 0.3) is 0 Å². The van der Waals surface area contributed by atoms with Crippen molar-refractivity contribution in [1.82, 2.24) is 0 Å². The molecule has 0 heterocycles. The summed E-state index contributed by atoms with van der Waals surface area (Å²) in [5, 5.41) is 0. The summed E-state index contributed by atoms with van der Waals surface area (Å²) >= 11 is 1.74. The number of carbonyl (C=O) groups is 1. The van der Waals surface area contributed by atoms with Gasteiger partial charge >= 0.3 is 0 Å². The van der Waals surface area contributed by atoms with Crippen LogP contribution >= 0.6 is 11.8 Å². The highest BCUT2D eigenvalue weighted by Crippen LogP contribution is 2.33. The fourth-order valence-electron chi connectivity index (χ4n) is 2.73. The Kier molecular flexibility index (Phi) is 4.66. The van der Waals surface area contributed by atoms with E-state index >= 15 is 0 Å². The summed E-state index contributed by atoms with van der Waals surface area (Å²) < 4.78 is 0. The maximum Gasteiger partial charge on any atom is 0.127 e. The lowest BCUT2D eigenvalue weighted by Crippen LogP contribution is -2.06. The van der Waals surface area contributed by atoms with E-state index in [0.717, 1.165) is 18.6 Å². The van der Waals surface area contributed by atoms with Crippen LogP contribution in [0.4, 0.5) is 0 Å². The van der Waals surface area contributed by atoms with E-state index in [1.807, 2.05) is 0 Å². The molecule has 1 aliphatic carbocycles. The van der Waals surface area contributed by atoms with Crippen molar-refractivity contribution in [3.63, 3.8) is 0 Å². The van der Waals surface area contributed by atoms with E-state index in [1.54, 1.807) is 11.8 Å². The molecule has 1 aliphatic rings. The van der Waals surface area contributed by atoms with Gasteiger partial charge in [0.1, 0.15) is 6.29 Å². The van der Waals surface area contributed by atoms with Crippen LogP contribution in [0.1, 0.15) is 43.6 Å². The molecule has 0 saturated heterocycles. The lowest BCUT2D eigenvalue weighted by molar-refractivity contribution is -0.109. The van der Waals surface area contributed by atoms with Gasteiger partial charge in [0.25, 0.3) is 0 Å². The Balaban J connectivity index is 2.02. The summed E-state index contributed by atoms with van der Waals surface area (Å²) in [5.41, 5.74) is 1.18. The molecule has 1 atom stereocenters. The second-order valence-corrected chi connectivity index (χ2v) is 5.78. The Bertz CT molecular complexity index is 352. The molecule has 1 fully saturated rings. The smallest absolute Gasteiger partial charge is 0.127 e. The van der Waals surface area contributed by atoms with E-state index < -0.39 is 0 Å². The van der Waals surface area contributed by atoms with Crippen molar-refractivity contribution in [3.8, 4) is 0 Å². The van der Waals surface area contributed by atoms with Gasteiger partial charge in [-0.1, -0.05) is 37.8 Å². The molecule has 0 N–H and O–H groups in total. The molecular formula is C15H20OS. The molecule has 1 aromatic rings. The first kappa shape index (κ1) is 12.7. The van der Waals surface area contributed by atoms with E-state index in [1.165, 1.54) is 36.1 Å². The van der Waals surface area contributed by atoms with Crippen molar-refractivity contribution in [2.45, 2.75) is 42.9 Å². The molecule has 0 amide bonds. The number of rotatable bonds is 5. The van der Waals surface area contributed by atoms with Gasteiger partial charge in [0.2, 0.25) is 0 Å². The third kappa shape index (κ3) is 3.35. The molecule has 0 spiro atoms. The third-order valence-corrected chi connectivity index (χ3v) is 4.51. The summed E-state index contributed by atoms with van der Waals surface area (Å²) in [6.45, 7) is 0. The summed E-state index contributed by atoms with van der Waals surface area (Å²) in [5.74, 6) is 0.874. The van der Waals surface area contributed by atoms with E-state index in [9.17, 15) is 4.79 Å². The Labute approximate surface area is 108 Å². The normalized spacial score (nSPS) is 18.2. The van der Waals surface area contributed by atoms with Gasteiger partial charge in [-0.15, -0.1) is 11.8 Å². The Morgan fingerprint density at radius 3 is 2.47 bits per heavy atom. The Hall–Kier alpha value is -0.760. The zero-order valence-corrected chi connectivity index (χ0v) is 11.2. The molecule has 0 aromatic heterocycles. The molecule has 17 heavy (non-hydrogen) atoms. The van der Waals surface area contributed by atoms with E-state index in [4.69, 9.17) is 0 Å². The average molecular weight is 248 g/mol. The number of aldehydes is 1. The van der Waals surface area contributed by atoms with Crippen molar-refractivity contribution in [3.05, 3.63) is 29.8 Å². The van der Waals surface area contributed by atoms with Crippen LogP contribution in [0.3, 0.4) is 0 Å². The summed E-state index contributed by atoms with van der Waals surface area (Å²) in [6.07, 6.45) is 9.57. The minimum Gasteiger partial charge on any atom is -0.303 e. The number of hydrogen-bond acceptors (Lipinski definition) is 2.